The first-order chi connectivity index (χ1) is 6.57. The van der Waals surface area contributed by atoms with E-state index in [1.807, 2.05) is 25.5 Å². The zero-order chi connectivity index (χ0) is 10.2. The summed E-state index contributed by atoms with van der Waals surface area (Å²) >= 11 is 0. The van der Waals surface area contributed by atoms with Gasteiger partial charge < -0.3 is 9.88 Å². The summed E-state index contributed by atoms with van der Waals surface area (Å²) in [5, 5.41) is 3.35. The molecule has 3 heteroatoms. The lowest BCUT2D eigenvalue weighted by molar-refractivity contribution is 0.570. The van der Waals surface area contributed by atoms with Crippen molar-refractivity contribution in [3.05, 3.63) is 29.8 Å². The van der Waals surface area contributed by atoms with Crippen LogP contribution in [-0.2, 0) is 11.0 Å². The van der Waals surface area contributed by atoms with E-state index >= 15 is 0 Å². The molecule has 2 rings (SSSR count). The van der Waals surface area contributed by atoms with E-state index in [-0.39, 0.29) is 0 Å². The molecule has 0 radical (unpaired) electrons. The Morgan fingerprint density at radius 3 is 2.79 bits per heavy atom. The van der Waals surface area contributed by atoms with Gasteiger partial charge >= 0.3 is 0 Å². The van der Waals surface area contributed by atoms with Crippen LogP contribution >= 0.6 is 7.14 Å². The Morgan fingerprint density at radius 1 is 1.36 bits per heavy atom. The molecule has 1 aromatic rings. The highest BCUT2D eigenvalue weighted by Crippen LogP contribution is 2.46. The predicted octanol–water partition coefficient (Wildman–Crippen LogP) is 2.65. The number of benzene rings is 1. The molecule has 0 aliphatic carbocycles. The Kier molecular flexibility index (Phi) is 2.40. The van der Waals surface area contributed by atoms with Crippen molar-refractivity contribution in [2.75, 3.05) is 25.2 Å². The van der Waals surface area contributed by atoms with Crippen molar-refractivity contribution >= 4 is 12.8 Å². The van der Waals surface area contributed by atoms with Crippen molar-refractivity contribution in [1.82, 2.24) is 0 Å². The van der Waals surface area contributed by atoms with Crippen molar-refractivity contribution in [3.63, 3.8) is 0 Å². The molecule has 14 heavy (non-hydrogen) atoms. The second-order valence-corrected chi connectivity index (χ2v) is 7.93. The average molecular weight is 209 g/mol. The topological polar surface area (TPSA) is 29.1 Å². The van der Waals surface area contributed by atoms with Crippen LogP contribution in [0, 0.1) is 0 Å². The molecule has 0 fully saturated rings. The lowest BCUT2D eigenvalue weighted by Gasteiger charge is -2.28. The molecule has 1 N–H and O–H groups in total. The minimum atomic E-state index is -1.96. The van der Waals surface area contributed by atoms with E-state index < -0.39 is 7.14 Å². The summed E-state index contributed by atoms with van der Waals surface area (Å²) in [7, 11) is -1.96. The van der Waals surface area contributed by atoms with Gasteiger partial charge in [0.25, 0.3) is 0 Å². The minimum absolute atomic E-state index is 0.303. The summed E-state index contributed by atoms with van der Waals surface area (Å²) in [5.41, 5.74) is 2.81. The van der Waals surface area contributed by atoms with Gasteiger partial charge in [-0.2, -0.15) is 0 Å². The molecular weight excluding hydrogens is 193 g/mol. The van der Waals surface area contributed by atoms with E-state index in [0.29, 0.717) is 5.66 Å². The third-order valence-electron chi connectivity index (χ3n) is 2.88. The van der Waals surface area contributed by atoms with Gasteiger partial charge in [0.1, 0.15) is 0 Å². The first kappa shape index (κ1) is 9.79. The molecule has 0 saturated heterocycles. The molecule has 1 aliphatic heterocycles. The lowest BCUT2D eigenvalue weighted by Crippen LogP contribution is -2.27. The number of fused-ring (bicyclic) bond motifs is 1. The Balaban J connectivity index is 2.26. The van der Waals surface area contributed by atoms with Gasteiger partial charge in [-0.25, -0.2) is 0 Å². The highest BCUT2D eigenvalue weighted by molar-refractivity contribution is 7.63. The van der Waals surface area contributed by atoms with Crippen LogP contribution in [0.4, 0.5) is 5.69 Å². The van der Waals surface area contributed by atoms with Crippen LogP contribution < -0.4 is 5.32 Å². The van der Waals surface area contributed by atoms with Gasteiger partial charge in [-0.15, -0.1) is 0 Å². The second kappa shape index (κ2) is 3.43. The van der Waals surface area contributed by atoms with Crippen LogP contribution in [-0.4, -0.2) is 25.5 Å². The van der Waals surface area contributed by atoms with Gasteiger partial charge in [0.05, 0.1) is 7.14 Å². The van der Waals surface area contributed by atoms with Crippen LogP contribution in [0.2, 0.25) is 0 Å². The van der Waals surface area contributed by atoms with Gasteiger partial charge in [0, 0.05) is 17.9 Å². The van der Waals surface area contributed by atoms with Gasteiger partial charge in [0.2, 0.25) is 0 Å². The van der Waals surface area contributed by atoms with Crippen molar-refractivity contribution in [3.8, 4) is 0 Å². The first-order valence-corrected chi connectivity index (χ1v) is 7.61. The van der Waals surface area contributed by atoms with Gasteiger partial charge in [-0.1, -0.05) is 18.2 Å². The van der Waals surface area contributed by atoms with Gasteiger partial charge in [0.15, 0.2) is 0 Å². The Hall–Kier alpha value is -0.750. The van der Waals surface area contributed by atoms with Crippen LogP contribution in [0.3, 0.4) is 0 Å². The summed E-state index contributed by atoms with van der Waals surface area (Å²) in [4.78, 5) is 0. The number of hydrogen-bond acceptors (Lipinski definition) is 2. The fraction of sp³-hybridized carbons (Fsp3) is 0.455. The molecule has 0 saturated carbocycles. The minimum Gasteiger partial charge on any atom is -0.384 e. The van der Waals surface area contributed by atoms with E-state index in [1.165, 1.54) is 11.3 Å². The molecule has 1 unspecified atom stereocenters. The van der Waals surface area contributed by atoms with E-state index in [1.54, 1.807) is 0 Å². The van der Waals surface area contributed by atoms with E-state index in [0.717, 1.165) is 13.0 Å². The van der Waals surface area contributed by atoms with E-state index in [2.05, 4.69) is 17.4 Å². The molecule has 2 nitrogen and oxygen atoms in total. The van der Waals surface area contributed by atoms with Crippen molar-refractivity contribution in [2.45, 2.75) is 12.1 Å². The molecule has 1 aliphatic rings. The Labute approximate surface area is 85.1 Å². The predicted molar refractivity (Wildman–Crippen MR) is 61.9 cm³/mol. The highest BCUT2D eigenvalue weighted by atomic mass is 31.2. The summed E-state index contributed by atoms with van der Waals surface area (Å²) in [5.74, 6) is 0. The van der Waals surface area contributed by atoms with Gasteiger partial charge in [-0.05, 0) is 31.4 Å². The van der Waals surface area contributed by atoms with Crippen molar-refractivity contribution in [2.24, 2.45) is 0 Å². The summed E-state index contributed by atoms with van der Waals surface area (Å²) < 4.78 is 11.9. The van der Waals surface area contributed by atoms with Crippen LogP contribution in [0.1, 0.15) is 5.56 Å². The fourth-order valence-electron chi connectivity index (χ4n) is 1.86. The Morgan fingerprint density at radius 2 is 2.07 bits per heavy atom. The maximum Gasteiger partial charge on any atom is 0.0868 e. The zero-order valence-corrected chi connectivity index (χ0v) is 9.55. The van der Waals surface area contributed by atoms with Gasteiger partial charge in [-0.3, -0.25) is 0 Å². The molecule has 1 aromatic carbocycles. The Bertz CT molecular complexity index is 383. The molecule has 0 bridgehead atoms. The van der Waals surface area contributed by atoms with Crippen molar-refractivity contribution < 1.29 is 4.57 Å². The normalized spacial score (nSPS) is 21.1. The third-order valence-corrected chi connectivity index (χ3v) is 5.00. The van der Waals surface area contributed by atoms with E-state index in [4.69, 9.17) is 0 Å². The highest BCUT2D eigenvalue weighted by Gasteiger charge is 2.27. The third kappa shape index (κ3) is 1.85. The zero-order valence-electron chi connectivity index (χ0n) is 8.66. The number of para-hydroxylation sites is 1. The van der Waals surface area contributed by atoms with Crippen molar-refractivity contribution in [1.29, 1.82) is 0 Å². The quantitative estimate of drug-likeness (QED) is 0.720. The molecule has 0 amide bonds. The van der Waals surface area contributed by atoms with Crippen LogP contribution in [0.15, 0.2) is 24.3 Å². The van der Waals surface area contributed by atoms with Crippen LogP contribution in [0.5, 0.6) is 0 Å². The summed E-state index contributed by atoms with van der Waals surface area (Å²) in [6.45, 7) is 4.61. The number of rotatable bonds is 1. The van der Waals surface area contributed by atoms with E-state index in [9.17, 15) is 4.57 Å². The summed E-state index contributed by atoms with van der Waals surface area (Å²) in [6, 6.07) is 8.27. The summed E-state index contributed by atoms with van der Waals surface area (Å²) in [6.07, 6.45) is 0.952. The maximum absolute atomic E-state index is 11.9. The van der Waals surface area contributed by atoms with Crippen LogP contribution in [0.25, 0.3) is 0 Å². The molecule has 1 atom stereocenters. The largest absolute Gasteiger partial charge is 0.384 e. The molecule has 0 spiro atoms. The molecular formula is C11H16NOP. The standard InChI is InChI=1S/C11H16NOP/c1-14(2,13)10-7-9-5-3-4-6-11(9)12-8-10/h3-6,10,12H,7-8H2,1-2H3. The molecule has 0 aromatic heterocycles. The lowest BCUT2D eigenvalue weighted by atomic mass is 10.0. The average Bonchev–Trinajstić information content (AvgIpc) is 2.16. The first-order valence-electron chi connectivity index (χ1n) is 4.94. The smallest absolute Gasteiger partial charge is 0.0868 e. The monoisotopic (exact) mass is 209 g/mol. The second-order valence-electron chi connectivity index (χ2n) is 4.33. The maximum atomic E-state index is 11.9. The number of anilines is 1. The molecule has 1 heterocycles. The number of nitrogens with one attached hydrogen (secondary N) is 1. The SMILES string of the molecule is CP(C)(=O)C1CNc2ccccc2C1. The fourth-order valence-corrected chi connectivity index (χ4v) is 3.03. The number of hydrogen-bond donors (Lipinski definition) is 1. The molecule has 76 valence electrons.